The predicted molar refractivity (Wildman–Crippen MR) is 106 cm³/mol. The second-order valence-corrected chi connectivity index (χ2v) is 8.18. The number of hydrogen-bond donors (Lipinski definition) is 1. The summed E-state index contributed by atoms with van der Waals surface area (Å²) in [4.78, 5) is 17.1. The molecular formula is C23H24N2O3. The molecule has 1 saturated heterocycles. The highest BCUT2D eigenvalue weighted by atomic mass is 16.5. The summed E-state index contributed by atoms with van der Waals surface area (Å²) >= 11 is 0. The van der Waals surface area contributed by atoms with E-state index < -0.39 is 5.97 Å². The van der Waals surface area contributed by atoms with Crippen molar-refractivity contribution in [2.75, 3.05) is 19.6 Å². The number of rotatable bonds is 4. The van der Waals surface area contributed by atoms with Gasteiger partial charge >= 0.3 is 5.97 Å². The normalized spacial score (nSPS) is 17.0. The van der Waals surface area contributed by atoms with Crippen molar-refractivity contribution in [1.82, 2.24) is 9.88 Å². The van der Waals surface area contributed by atoms with Gasteiger partial charge in [0, 0.05) is 41.9 Å². The van der Waals surface area contributed by atoms with E-state index in [4.69, 9.17) is 9.84 Å². The van der Waals surface area contributed by atoms with Crippen molar-refractivity contribution >= 4 is 5.97 Å². The zero-order valence-corrected chi connectivity index (χ0v) is 16.2. The lowest BCUT2D eigenvalue weighted by Gasteiger charge is -2.47. The first-order valence-electron chi connectivity index (χ1n) is 9.62. The zero-order valence-electron chi connectivity index (χ0n) is 16.2. The summed E-state index contributed by atoms with van der Waals surface area (Å²) in [7, 11) is 0. The highest BCUT2D eigenvalue weighted by molar-refractivity contribution is 5.69. The molecular weight excluding hydrogens is 352 g/mol. The SMILES string of the molecule is CC(C)Oc1ccc(C#Cc2ccc3c(c2)CC2(C3)CN(CC(=O)O)C2)cn1. The van der Waals surface area contributed by atoms with E-state index in [-0.39, 0.29) is 18.1 Å². The fraction of sp³-hybridized carbons (Fsp3) is 0.391. The van der Waals surface area contributed by atoms with Gasteiger partial charge in [0.05, 0.1) is 12.6 Å². The van der Waals surface area contributed by atoms with Gasteiger partial charge in [-0.05, 0) is 56.0 Å². The van der Waals surface area contributed by atoms with E-state index in [0.717, 1.165) is 37.1 Å². The Labute approximate surface area is 165 Å². The van der Waals surface area contributed by atoms with E-state index in [9.17, 15) is 4.79 Å². The maximum atomic E-state index is 10.9. The van der Waals surface area contributed by atoms with Gasteiger partial charge in [0.2, 0.25) is 5.88 Å². The molecule has 1 fully saturated rings. The Morgan fingerprint density at radius 1 is 1.18 bits per heavy atom. The van der Waals surface area contributed by atoms with Crippen LogP contribution in [-0.2, 0) is 17.6 Å². The number of carbonyl (C=O) groups is 1. The number of aliphatic carboxylic acids is 1. The number of carboxylic acid groups (broad SMARTS) is 1. The summed E-state index contributed by atoms with van der Waals surface area (Å²) in [5.41, 5.74) is 4.80. The van der Waals surface area contributed by atoms with Gasteiger partial charge in [0.1, 0.15) is 0 Å². The molecule has 0 saturated carbocycles. The van der Waals surface area contributed by atoms with Crippen molar-refractivity contribution in [3.05, 3.63) is 58.8 Å². The predicted octanol–water partition coefficient (Wildman–Crippen LogP) is 2.75. The molecule has 2 aliphatic rings. The lowest BCUT2D eigenvalue weighted by atomic mass is 9.77. The topological polar surface area (TPSA) is 62.7 Å². The van der Waals surface area contributed by atoms with Crippen LogP contribution in [0.1, 0.15) is 36.1 Å². The Bertz CT molecular complexity index is 948. The van der Waals surface area contributed by atoms with Crippen LogP contribution in [0.25, 0.3) is 0 Å². The summed E-state index contributed by atoms with van der Waals surface area (Å²) in [5.74, 6) is 6.26. The number of benzene rings is 1. The van der Waals surface area contributed by atoms with Crippen LogP contribution in [-0.4, -0.2) is 46.7 Å². The van der Waals surface area contributed by atoms with Crippen molar-refractivity contribution in [3.63, 3.8) is 0 Å². The van der Waals surface area contributed by atoms with Crippen LogP contribution < -0.4 is 4.74 Å². The smallest absolute Gasteiger partial charge is 0.317 e. The lowest BCUT2D eigenvalue weighted by molar-refractivity contribution is -0.141. The third-order valence-corrected chi connectivity index (χ3v) is 5.26. The number of fused-ring (bicyclic) bond motifs is 1. The standard InChI is InChI=1S/C23H24N2O3/c1-16(2)28-21-8-6-18(12-24-21)4-3-17-5-7-19-10-23(11-20(19)9-17)14-25(15-23)13-22(26)27/h5-9,12,16H,10-11,13-15H2,1-2H3,(H,26,27). The highest BCUT2D eigenvalue weighted by Crippen LogP contribution is 2.43. The number of aromatic nitrogens is 1. The average Bonchev–Trinajstić information content (AvgIpc) is 2.98. The molecule has 5 nitrogen and oxygen atoms in total. The second-order valence-electron chi connectivity index (χ2n) is 8.18. The molecule has 4 rings (SSSR count). The minimum atomic E-state index is -0.749. The van der Waals surface area contributed by atoms with E-state index in [0.29, 0.717) is 5.88 Å². The number of ether oxygens (including phenoxy) is 1. The van der Waals surface area contributed by atoms with Crippen LogP contribution >= 0.6 is 0 Å². The van der Waals surface area contributed by atoms with Crippen molar-refractivity contribution < 1.29 is 14.6 Å². The van der Waals surface area contributed by atoms with E-state index in [1.807, 2.05) is 30.9 Å². The minimum absolute atomic E-state index is 0.103. The Hall–Kier alpha value is -2.84. The molecule has 0 amide bonds. The van der Waals surface area contributed by atoms with Crippen LogP contribution in [0.5, 0.6) is 5.88 Å². The average molecular weight is 376 g/mol. The van der Waals surface area contributed by atoms with Crippen molar-refractivity contribution in [1.29, 1.82) is 0 Å². The van der Waals surface area contributed by atoms with Gasteiger partial charge in [-0.25, -0.2) is 4.98 Å². The zero-order chi connectivity index (χ0) is 19.7. The first kappa shape index (κ1) is 18.5. The van der Waals surface area contributed by atoms with Crippen LogP contribution in [0.3, 0.4) is 0 Å². The van der Waals surface area contributed by atoms with Gasteiger partial charge in [0.25, 0.3) is 0 Å². The highest BCUT2D eigenvalue weighted by Gasteiger charge is 2.47. The number of carboxylic acids is 1. The van der Waals surface area contributed by atoms with Crippen molar-refractivity contribution in [2.45, 2.75) is 32.8 Å². The first-order valence-corrected chi connectivity index (χ1v) is 9.62. The number of pyridine rings is 1. The molecule has 1 spiro atoms. The molecule has 5 heteroatoms. The summed E-state index contributed by atoms with van der Waals surface area (Å²) in [6.07, 6.45) is 3.88. The van der Waals surface area contributed by atoms with Crippen molar-refractivity contribution in [2.24, 2.45) is 5.41 Å². The third kappa shape index (κ3) is 4.02. The van der Waals surface area contributed by atoms with E-state index in [2.05, 4.69) is 35.0 Å². The summed E-state index contributed by atoms with van der Waals surface area (Å²) < 4.78 is 5.55. The molecule has 1 N–H and O–H groups in total. The first-order chi connectivity index (χ1) is 13.4. The molecule has 0 atom stereocenters. The second kappa shape index (κ2) is 7.29. The Balaban J connectivity index is 1.41. The van der Waals surface area contributed by atoms with Gasteiger partial charge in [-0.15, -0.1) is 0 Å². The molecule has 0 radical (unpaired) electrons. The van der Waals surface area contributed by atoms with Crippen LogP contribution in [0.15, 0.2) is 36.5 Å². The molecule has 1 aromatic carbocycles. The van der Waals surface area contributed by atoms with Gasteiger partial charge < -0.3 is 9.84 Å². The maximum Gasteiger partial charge on any atom is 0.317 e. The summed E-state index contributed by atoms with van der Waals surface area (Å²) in [5, 5.41) is 8.93. The molecule has 1 aliphatic carbocycles. The van der Waals surface area contributed by atoms with Gasteiger partial charge in [0.15, 0.2) is 0 Å². The van der Waals surface area contributed by atoms with Gasteiger partial charge in [-0.3, -0.25) is 9.69 Å². The van der Waals surface area contributed by atoms with E-state index in [1.165, 1.54) is 11.1 Å². The molecule has 2 heterocycles. The molecule has 144 valence electrons. The third-order valence-electron chi connectivity index (χ3n) is 5.26. The molecule has 1 aromatic heterocycles. The fourth-order valence-electron chi connectivity index (χ4n) is 4.25. The monoisotopic (exact) mass is 376 g/mol. The van der Waals surface area contributed by atoms with Crippen LogP contribution in [0.2, 0.25) is 0 Å². The van der Waals surface area contributed by atoms with E-state index in [1.54, 1.807) is 6.20 Å². The Morgan fingerprint density at radius 3 is 2.57 bits per heavy atom. The lowest BCUT2D eigenvalue weighted by Crippen LogP contribution is -2.58. The van der Waals surface area contributed by atoms with Gasteiger partial charge in [-0.2, -0.15) is 0 Å². The Morgan fingerprint density at radius 2 is 1.89 bits per heavy atom. The van der Waals surface area contributed by atoms with Crippen LogP contribution in [0.4, 0.5) is 0 Å². The Kier molecular flexibility index (Phi) is 4.82. The van der Waals surface area contributed by atoms with Crippen molar-refractivity contribution in [3.8, 4) is 17.7 Å². The minimum Gasteiger partial charge on any atom is -0.480 e. The largest absolute Gasteiger partial charge is 0.480 e. The summed E-state index contributed by atoms with van der Waals surface area (Å²) in [6, 6.07) is 10.2. The molecule has 28 heavy (non-hydrogen) atoms. The molecule has 0 unspecified atom stereocenters. The quantitative estimate of drug-likeness (QED) is 0.832. The summed E-state index contributed by atoms with van der Waals surface area (Å²) in [6.45, 7) is 5.82. The molecule has 0 bridgehead atoms. The van der Waals surface area contributed by atoms with E-state index >= 15 is 0 Å². The maximum absolute atomic E-state index is 10.9. The molecule has 1 aliphatic heterocycles. The fourth-order valence-corrected chi connectivity index (χ4v) is 4.25. The van der Waals surface area contributed by atoms with Crippen LogP contribution in [0, 0.1) is 17.3 Å². The number of nitrogens with zero attached hydrogens (tertiary/aromatic N) is 2. The number of likely N-dealkylation sites (tertiary alicyclic amines) is 1. The molecule has 2 aromatic rings. The van der Waals surface area contributed by atoms with Gasteiger partial charge in [-0.1, -0.05) is 17.9 Å². The number of hydrogen-bond acceptors (Lipinski definition) is 4.